The highest BCUT2D eigenvalue weighted by Crippen LogP contribution is 2.11. The molecule has 0 aliphatic heterocycles. The van der Waals surface area contributed by atoms with Crippen LogP contribution in [0.2, 0.25) is 0 Å². The van der Waals surface area contributed by atoms with Crippen molar-refractivity contribution < 1.29 is 14.7 Å². The summed E-state index contributed by atoms with van der Waals surface area (Å²) in [5.41, 5.74) is 10.6. The van der Waals surface area contributed by atoms with Crippen molar-refractivity contribution in [1.29, 1.82) is 0 Å². The summed E-state index contributed by atoms with van der Waals surface area (Å²) < 4.78 is 0. The lowest BCUT2D eigenvalue weighted by molar-refractivity contribution is 0.0697. The molecule has 68 valence electrons. The maximum absolute atomic E-state index is 10.7. The number of carbonyl (C=O) groups is 2. The van der Waals surface area contributed by atoms with E-state index in [1.54, 1.807) is 0 Å². The molecule has 0 saturated carbocycles. The minimum Gasteiger partial charge on any atom is -0.478 e. The predicted octanol–water partition coefficient (Wildman–Crippen LogP) is 0.0659. The van der Waals surface area contributed by atoms with Gasteiger partial charge in [-0.1, -0.05) is 0 Å². The largest absolute Gasteiger partial charge is 0.478 e. The van der Waals surface area contributed by atoms with Crippen LogP contribution in [0, 0.1) is 0 Å². The third kappa shape index (κ3) is 1.96. The van der Waals surface area contributed by atoms with E-state index in [1.807, 2.05) is 0 Å². The molecule has 0 spiro atoms. The summed E-state index contributed by atoms with van der Waals surface area (Å²) in [6, 6.07) is 3.77. The number of nitrogen functional groups attached to an aromatic ring is 1. The SMILES string of the molecule is NC(=O)c1cc(N)cc(C(=O)O)c1. The van der Waals surface area contributed by atoms with E-state index >= 15 is 0 Å². The van der Waals surface area contributed by atoms with E-state index in [0.29, 0.717) is 0 Å². The highest BCUT2D eigenvalue weighted by Gasteiger charge is 2.08. The van der Waals surface area contributed by atoms with Gasteiger partial charge in [-0.05, 0) is 18.2 Å². The van der Waals surface area contributed by atoms with Gasteiger partial charge < -0.3 is 16.6 Å². The van der Waals surface area contributed by atoms with Gasteiger partial charge >= 0.3 is 5.97 Å². The predicted molar refractivity (Wildman–Crippen MR) is 46.3 cm³/mol. The first kappa shape index (κ1) is 9.05. The van der Waals surface area contributed by atoms with Crippen molar-refractivity contribution in [2.45, 2.75) is 0 Å². The van der Waals surface area contributed by atoms with Crippen LogP contribution >= 0.6 is 0 Å². The quantitative estimate of drug-likeness (QED) is 0.559. The fourth-order valence-electron chi connectivity index (χ4n) is 0.917. The highest BCUT2D eigenvalue weighted by molar-refractivity contribution is 5.97. The number of carboxylic acids is 1. The van der Waals surface area contributed by atoms with E-state index in [0.717, 1.165) is 0 Å². The van der Waals surface area contributed by atoms with Crippen molar-refractivity contribution in [3.05, 3.63) is 29.3 Å². The Labute approximate surface area is 74.0 Å². The first-order valence-electron chi connectivity index (χ1n) is 3.44. The molecular formula is C8H8N2O3. The average Bonchev–Trinajstić information content (AvgIpc) is 2.03. The molecular weight excluding hydrogens is 172 g/mol. The van der Waals surface area contributed by atoms with Crippen LogP contribution in [-0.4, -0.2) is 17.0 Å². The molecule has 1 rings (SSSR count). The summed E-state index contributed by atoms with van der Waals surface area (Å²) in [6.07, 6.45) is 0. The number of anilines is 1. The van der Waals surface area contributed by atoms with Gasteiger partial charge in [-0.2, -0.15) is 0 Å². The number of hydrogen-bond donors (Lipinski definition) is 3. The Balaban J connectivity index is 3.26. The van der Waals surface area contributed by atoms with Gasteiger partial charge in [-0.25, -0.2) is 4.79 Å². The molecule has 5 nitrogen and oxygen atoms in total. The molecule has 0 radical (unpaired) electrons. The summed E-state index contributed by atoms with van der Waals surface area (Å²) in [5.74, 6) is -1.84. The van der Waals surface area contributed by atoms with E-state index in [-0.39, 0.29) is 16.8 Å². The standard InChI is InChI=1S/C8H8N2O3/c9-6-2-4(7(10)11)1-5(3-6)8(12)13/h1-3H,9H2,(H2,10,11)(H,12,13). The molecule has 1 aromatic carbocycles. The lowest BCUT2D eigenvalue weighted by Gasteiger charge is -2.00. The second-order valence-corrected chi connectivity index (χ2v) is 2.51. The zero-order valence-corrected chi connectivity index (χ0v) is 6.65. The van der Waals surface area contributed by atoms with Crippen LogP contribution in [0.4, 0.5) is 5.69 Å². The normalized spacial score (nSPS) is 9.54. The van der Waals surface area contributed by atoms with Gasteiger partial charge in [-0.3, -0.25) is 4.79 Å². The summed E-state index contributed by atoms with van der Waals surface area (Å²) in [5, 5.41) is 8.61. The van der Waals surface area contributed by atoms with E-state index in [2.05, 4.69) is 0 Å². The first-order valence-corrected chi connectivity index (χ1v) is 3.44. The fourth-order valence-corrected chi connectivity index (χ4v) is 0.917. The van der Waals surface area contributed by atoms with Crippen molar-refractivity contribution in [2.24, 2.45) is 5.73 Å². The summed E-state index contributed by atoms with van der Waals surface area (Å²) in [6.45, 7) is 0. The van der Waals surface area contributed by atoms with Crippen molar-refractivity contribution in [1.82, 2.24) is 0 Å². The fraction of sp³-hybridized carbons (Fsp3) is 0. The Morgan fingerprint density at radius 3 is 2.15 bits per heavy atom. The molecule has 5 N–H and O–H groups in total. The van der Waals surface area contributed by atoms with Crippen LogP contribution in [0.1, 0.15) is 20.7 Å². The number of aromatic carboxylic acids is 1. The lowest BCUT2D eigenvalue weighted by Crippen LogP contribution is -2.12. The van der Waals surface area contributed by atoms with Gasteiger partial charge in [0.15, 0.2) is 0 Å². The highest BCUT2D eigenvalue weighted by atomic mass is 16.4. The van der Waals surface area contributed by atoms with Gasteiger partial charge in [0, 0.05) is 11.3 Å². The van der Waals surface area contributed by atoms with Crippen molar-refractivity contribution >= 4 is 17.6 Å². The summed E-state index contributed by atoms with van der Waals surface area (Å²) in [7, 11) is 0. The number of hydrogen-bond acceptors (Lipinski definition) is 3. The maximum atomic E-state index is 10.7. The maximum Gasteiger partial charge on any atom is 0.335 e. The average molecular weight is 180 g/mol. The number of nitrogens with two attached hydrogens (primary N) is 2. The van der Waals surface area contributed by atoms with Crippen LogP contribution in [0.3, 0.4) is 0 Å². The minimum absolute atomic E-state index is 0.0474. The van der Waals surface area contributed by atoms with Crippen LogP contribution in [-0.2, 0) is 0 Å². The second-order valence-electron chi connectivity index (χ2n) is 2.51. The minimum atomic E-state index is -1.14. The smallest absolute Gasteiger partial charge is 0.335 e. The number of primary amides is 1. The van der Waals surface area contributed by atoms with Gasteiger partial charge in [0.1, 0.15) is 0 Å². The van der Waals surface area contributed by atoms with Crippen molar-refractivity contribution in [2.75, 3.05) is 5.73 Å². The van der Waals surface area contributed by atoms with E-state index < -0.39 is 11.9 Å². The van der Waals surface area contributed by atoms with Gasteiger partial charge in [0.25, 0.3) is 0 Å². The Kier molecular flexibility index (Phi) is 2.19. The molecule has 0 fully saturated rings. The van der Waals surface area contributed by atoms with Crippen LogP contribution in [0.5, 0.6) is 0 Å². The molecule has 13 heavy (non-hydrogen) atoms. The van der Waals surface area contributed by atoms with Crippen molar-refractivity contribution in [3.63, 3.8) is 0 Å². The van der Waals surface area contributed by atoms with Crippen LogP contribution < -0.4 is 11.5 Å². The first-order chi connectivity index (χ1) is 6.00. The number of carboxylic acid groups (broad SMARTS) is 1. The second kappa shape index (κ2) is 3.14. The van der Waals surface area contributed by atoms with Crippen LogP contribution in [0.25, 0.3) is 0 Å². The number of amides is 1. The summed E-state index contributed by atoms with van der Waals surface area (Å²) >= 11 is 0. The molecule has 0 aromatic heterocycles. The zero-order valence-electron chi connectivity index (χ0n) is 6.65. The van der Waals surface area contributed by atoms with Crippen molar-refractivity contribution in [3.8, 4) is 0 Å². The zero-order chi connectivity index (χ0) is 10.0. The molecule has 0 aliphatic rings. The number of rotatable bonds is 2. The lowest BCUT2D eigenvalue weighted by atomic mass is 10.1. The van der Waals surface area contributed by atoms with E-state index in [1.165, 1.54) is 18.2 Å². The molecule has 0 atom stereocenters. The van der Waals surface area contributed by atoms with E-state index in [4.69, 9.17) is 16.6 Å². The van der Waals surface area contributed by atoms with E-state index in [9.17, 15) is 9.59 Å². The number of benzene rings is 1. The number of carbonyl (C=O) groups excluding carboxylic acids is 1. The Morgan fingerprint density at radius 1 is 1.15 bits per heavy atom. The molecule has 5 heteroatoms. The van der Waals surface area contributed by atoms with Gasteiger partial charge in [-0.15, -0.1) is 0 Å². The van der Waals surface area contributed by atoms with Gasteiger partial charge in [0.05, 0.1) is 5.56 Å². The Bertz CT molecular complexity index is 341. The Hall–Kier alpha value is -2.04. The van der Waals surface area contributed by atoms with Gasteiger partial charge in [0.2, 0.25) is 5.91 Å². The third-order valence-corrected chi connectivity index (χ3v) is 1.49. The topological polar surface area (TPSA) is 106 Å². The van der Waals surface area contributed by atoms with Crippen LogP contribution in [0.15, 0.2) is 18.2 Å². The molecule has 1 amide bonds. The third-order valence-electron chi connectivity index (χ3n) is 1.49. The molecule has 0 aliphatic carbocycles. The molecule has 0 heterocycles. The Morgan fingerprint density at radius 2 is 1.69 bits per heavy atom. The monoisotopic (exact) mass is 180 g/mol. The molecule has 0 saturated heterocycles. The molecule has 1 aromatic rings. The summed E-state index contributed by atoms with van der Waals surface area (Å²) in [4.78, 5) is 21.2. The molecule has 0 bridgehead atoms. The molecule has 0 unspecified atom stereocenters.